The van der Waals surface area contributed by atoms with E-state index in [0.717, 1.165) is 18.2 Å². The molecule has 1 atom stereocenters. The highest BCUT2D eigenvalue weighted by atomic mass is 19.1. The number of hydrazone groups is 1. The molecule has 1 aromatic carbocycles. The highest BCUT2D eigenvalue weighted by molar-refractivity contribution is 6.01. The second-order valence-electron chi connectivity index (χ2n) is 7.40. The van der Waals surface area contributed by atoms with Gasteiger partial charge in [0.05, 0.1) is 22.9 Å². The largest absolute Gasteiger partial charge is 0.455 e. The van der Waals surface area contributed by atoms with E-state index in [0.29, 0.717) is 11.3 Å². The number of aliphatic imine (C=N–C) groups is 1. The Morgan fingerprint density at radius 2 is 2.11 bits per heavy atom. The van der Waals surface area contributed by atoms with Crippen molar-refractivity contribution >= 4 is 23.9 Å². The van der Waals surface area contributed by atoms with Gasteiger partial charge in [-0.1, -0.05) is 0 Å². The van der Waals surface area contributed by atoms with Crippen molar-refractivity contribution in [3.63, 3.8) is 0 Å². The number of carbonyl (C=O) groups excluding carboxylic acids is 1. The van der Waals surface area contributed by atoms with E-state index in [1.54, 1.807) is 32.7 Å². The topological polar surface area (TPSA) is 107 Å². The minimum Gasteiger partial charge on any atom is -0.455 e. The third kappa shape index (κ3) is 3.71. The van der Waals surface area contributed by atoms with Gasteiger partial charge in [0.15, 0.2) is 11.6 Å². The normalized spacial score (nSPS) is 18.7. The van der Waals surface area contributed by atoms with Gasteiger partial charge in [-0.25, -0.2) is 4.39 Å². The molecule has 2 aliphatic heterocycles. The second kappa shape index (κ2) is 7.02. The molecule has 148 valence electrons. The number of nitro groups is 1. The van der Waals surface area contributed by atoms with Gasteiger partial charge >= 0.3 is 5.97 Å². The summed E-state index contributed by atoms with van der Waals surface area (Å²) in [6.45, 7) is 7.30. The number of non-ortho nitro benzene ring substituents is 1. The predicted molar refractivity (Wildman–Crippen MR) is 98.4 cm³/mol. The van der Waals surface area contributed by atoms with Crippen molar-refractivity contribution in [1.82, 2.24) is 5.01 Å². The molecule has 0 saturated carbocycles. The molecule has 0 bridgehead atoms. The van der Waals surface area contributed by atoms with Crippen LogP contribution in [0.1, 0.15) is 27.7 Å². The summed E-state index contributed by atoms with van der Waals surface area (Å²) in [6, 6.07) is 3.07. The fraction of sp³-hybridized carbons (Fsp3) is 0.389. The number of halogens is 1. The molecule has 0 amide bonds. The monoisotopic (exact) mass is 390 g/mol. The lowest BCUT2D eigenvalue weighted by Gasteiger charge is -2.22. The van der Waals surface area contributed by atoms with Crippen LogP contribution in [0.4, 0.5) is 10.1 Å². The van der Waals surface area contributed by atoms with Gasteiger partial charge in [0.25, 0.3) is 5.69 Å². The Labute approximate surface area is 160 Å². The number of carbonyl (C=O) groups is 1. The van der Waals surface area contributed by atoms with E-state index in [4.69, 9.17) is 9.47 Å². The van der Waals surface area contributed by atoms with Crippen molar-refractivity contribution in [2.75, 3.05) is 6.54 Å². The van der Waals surface area contributed by atoms with Crippen molar-refractivity contribution in [1.29, 1.82) is 0 Å². The first kappa shape index (κ1) is 19.5. The number of rotatable bonds is 3. The van der Waals surface area contributed by atoms with Gasteiger partial charge in [0.1, 0.15) is 18.1 Å². The van der Waals surface area contributed by atoms with Gasteiger partial charge in [-0.2, -0.15) is 10.1 Å². The average molecular weight is 390 g/mol. The van der Waals surface area contributed by atoms with Gasteiger partial charge in [-0.05, 0) is 39.3 Å². The summed E-state index contributed by atoms with van der Waals surface area (Å²) in [7, 11) is 0. The summed E-state index contributed by atoms with van der Waals surface area (Å²) in [6.07, 6.45) is 0.691. The van der Waals surface area contributed by atoms with Crippen LogP contribution in [-0.4, -0.2) is 40.8 Å². The van der Waals surface area contributed by atoms with E-state index in [-0.39, 0.29) is 29.8 Å². The number of hydrogen-bond acceptors (Lipinski definition) is 8. The molecule has 3 rings (SSSR count). The molecule has 0 aromatic heterocycles. The first-order chi connectivity index (χ1) is 13.1. The molecule has 2 heterocycles. The number of benzene rings is 1. The van der Waals surface area contributed by atoms with E-state index >= 15 is 0 Å². The van der Waals surface area contributed by atoms with Crippen LogP contribution in [0.3, 0.4) is 0 Å². The van der Waals surface area contributed by atoms with Crippen LogP contribution in [0.5, 0.6) is 5.75 Å². The number of hydrogen-bond donors (Lipinski definition) is 0. The zero-order valence-electron chi connectivity index (χ0n) is 15.8. The molecule has 0 fully saturated rings. The van der Waals surface area contributed by atoms with Crippen LogP contribution >= 0.6 is 0 Å². The molecular weight excluding hydrogens is 371 g/mol. The lowest BCUT2D eigenvalue weighted by molar-refractivity contribution is -0.385. The molecule has 0 spiro atoms. The zero-order valence-corrected chi connectivity index (χ0v) is 15.8. The Morgan fingerprint density at radius 1 is 1.39 bits per heavy atom. The summed E-state index contributed by atoms with van der Waals surface area (Å²) >= 11 is 0. The van der Waals surface area contributed by atoms with Crippen molar-refractivity contribution < 1.29 is 23.6 Å². The van der Waals surface area contributed by atoms with Crippen LogP contribution < -0.4 is 4.74 Å². The maximum atomic E-state index is 14.2. The zero-order chi connectivity index (χ0) is 20.6. The lowest BCUT2D eigenvalue weighted by Crippen LogP contribution is -2.31. The van der Waals surface area contributed by atoms with Gasteiger partial charge in [-0.3, -0.25) is 19.9 Å². The Balaban J connectivity index is 1.85. The van der Waals surface area contributed by atoms with Gasteiger partial charge in [-0.15, -0.1) is 0 Å². The first-order valence-corrected chi connectivity index (χ1v) is 8.49. The number of nitro benzene ring substituents is 1. The molecular formula is C18H19FN4O5. The number of ether oxygens (including phenoxy) is 2. The van der Waals surface area contributed by atoms with Gasteiger partial charge in [0.2, 0.25) is 5.90 Å². The van der Waals surface area contributed by atoms with E-state index in [2.05, 4.69) is 10.1 Å². The van der Waals surface area contributed by atoms with Crippen LogP contribution in [0, 0.1) is 21.3 Å². The summed E-state index contributed by atoms with van der Waals surface area (Å²) in [5.41, 5.74) is 0.0820. The first-order valence-electron chi connectivity index (χ1n) is 8.49. The second-order valence-corrected chi connectivity index (χ2v) is 7.40. The molecule has 1 unspecified atom stereocenters. The van der Waals surface area contributed by atoms with E-state index in [1.165, 1.54) is 6.34 Å². The summed E-state index contributed by atoms with van der Waals surface area (Å²) in [5, 5.41) is 16.4. The number of fused-ring (bicyclic) bond motifs is 1. The molecule has 0 aliphatic carbocycles. The SMILES string of the molecule is CC1=C2C(Oc3ccc([N+](=O)[O-])cc3F)=NC=NN2CC1OC(=O)C(C)(C)C. The van der Waals surface area contributed by atoms with E-state index in [1.807, 2.05) is 0 Å². The smallest absolute Gasteiger partial charge is 0.311 e. The Bertz CT molecular complexity index is 932. The number of esters is 1. The molecule has 1 aromatic rings. The fourth-order valence-electron chi connectivity index (χ4n) is 2.62. The molecule has 9 nitrogen and oxygen atoms in total. The Hall–Kier alpha value is -3.30. The van der Waals surface area contributed by atoms with E-state index < -0.39 is 22.3 Å². The molecule has 0 radical (unpaired) electrons. The molecule has 2 aliphatic rings. The molecule has 28 heavy (non-hydrogen) atoms. The minimum absolute atomic E-state index is 0.0644. The third-order valence-corrected chi connectivity index (χ3v) is 4.22. The van der Waals surface area contributed by atoms with Crippen LogP contribution in [-0.2, 0) is 9.53 Å². The predicted octanol–water partition coefficient (Wildman–Crippen LogP) is 3.02. The van der Waals surface area contributed by atoms with Gasteiger partial charge < -0.3 is 9.47 Å². The van der Waals surface area contributed by atoms with Crippen LogP contribution in [0.25, 0.3) is 0 Å². The van der Waals surface area contributed by atoms with Gasteiger partial charge in [0, 0.05) is 6.07 Å². The average Bonchev–Trinajstić information content (AvgIpc) is 2.92. The molecule has 10 heteroatoms. The summed E-state index contributed by atoms with van der Waals surface area (Å²) in [4.78, 5) is 26.3. The summed E-state index contributed by atoms with van der Waals surface area (Å²) in [5.74, 6) is -1.40. The third-order valence-electron chi connectivity index (χ3n) is 4.22. The quantitative estimate of drug-likeness (QED) is 0.446. The maximum Gasteiger partial charge on any atom is 0.311 e. The van der Waals surface area contributed by atoms with Crippen molar-refractivity contribution in [2.45, 2.75) is 33.8 Å². The minimum atomic E-state index is -0.891. The van der Waals surface area contributed by atoms with E-state index in [9.17, 15) is 19.3 Å². The summed E-state index contributed by atoms with van der Waals surface area (Å²) < 4.78 is 25.3. The standard InChI is InChI=1S/C18H19FN4O5/c1-10-14(28-17(24)18(2,3)4)8-22-15(10)16(20-9-21-22)27-13-6-5-11(23(25)26)7-12(13)19/h5-7,9,14H,8H2,1-4H3. The maximum absolute atomic E-state index is 14.2. The molecule has 0 N–H and O–H groups in total. The van der Waals surface area contributed by atoms with Crippen molar-refractivity contribution in [3.05, 3.63) is 45.4 Å². The Morgan fingerprint density at radius 3 is 2.71 bits per heavy atom. The highest BCUT2D eigenvalue weighted by Crippen LogP contribution is 2.32. The van der Waals surface area contributed by atoms with Crippen molar-refractivity contribution in [2.24, 2.45) is 15.5 Å². The highest BCUT2D eigenvalue weighted by Gasteiger charge is 2.38. The van der Waals surface area contributed by atoms with Crippen LogP contribution in [0.15, 0.2) is 39.6 Å². The van der Waals surface area contributed by atoms with Crippen molar-refractivity contribution in [3.8, 4) is 5.75 Å². The fourth-order valence-corrected chi connectivity index (χ4v) is 2.62. The number of nitrogens with zero attached hydrogens (tertiary/aromatic N) is 4. The Kier molecular flexibility index (Phi) is 4.88. The van der Waals surface area contributed by atoms with Crippen LogP contribution in [0.2, 0.25) is 0 Å². The lowest BCUT2D eigenvalue weighted by atomic mass is 9.97. The molecule has 0 saturated heterocycles.